The molecule has 2 aromatic rings. The first-order chi connectivity index (χ1) is 8.16. The minimum atomic E-state index is 0.414. The van der Waals surface area contributed by atoms with Crippen LogP contribution in [0.2, 0.25) is 15.1 Å². The van der Waals surface area contributed by atoms with Gasteiger partial charge in [0.1, 0.15) is 0 Å². The van der Waals surface area contributed by atoms with Gasteiger partial charge in [-0.15, -0.1) is 0 Å². The first-order valence-electron chi connectivity index (χ1n) is 4.75. The summed E-state index contributed by atoms with van der Waals surface area (Å²) >= 11 is 17.7. The summed E-state index contributed by atoms with van der Waals surface area (Å²) in [5.41, 5.74) is 1.46. The second-order valence-corrected chi connectivity index (χ2v) is 4.48. The number of hydrogen-bond acceptors (Lipinski definition) is 2. The van der Waals surface area contributed by atoms with Crippen LogP contribution in [-0.2, 0) is 0 Å². The molecule has 1 aromatic heterocycles. The van der Waals surface area contributed by atoms with Crippen LogP contribution in [0.1, 0.15) is 5.56 Å². The van der Waals surface area contributed by atoms with Crippen molar-refractivity contribution in [2.24, 2.45) is 4.99 Å². The van der Waals surface area contributed by atoms with Gasteiger partial charge in [0.25, 0.3) is 0 Å². The third kappa shape index (κ3) is 3.19. The van der Waals surface area contributed by atoms with Crippen molar-refractivity contribution >= 4 is 46.7 Å². The van der Waals surface area contributed by atoms with Crippen LogP contribution >= 0.6 is 34.8 Å². The van der Waals surface area contributed by atoms with E-state index in [4.69, 9.17) is 34.8 Å². The molecule has 1 heterocycles. The van der Waals surface area contributed by atoms with Crippen molar-refractivity contribution in [3.05, 3.63) is 57.3 Å². The van der Waals surface area contributed by atoms with Crippen LogP contribution in [0.3, 0.4) is 0 Å². The van der Waals surface area contributed by atoms with E-state index in [2.05, 4.69) is 9.98 Å². The van der Waals surface area contributed by atoms with Gasteiger partial charge in [-0.25, -0.2) is 0 Å². The Morgan fingerprint density at radius 3 is 2.53 bits per heavy atom. The zero-order chi connectivity index (χ0) is 12.3. The molecule has 5 heteroatoms. The highest BCUT2D eigenvalue weighted by molar-refractivity contribution is 6.43. The lowest BCUT2D eigenvalue weighted by Crippen LogP contribution is -1.81. The number of rotatable bonds is 2. The summed E-state index contributed by atoms with van der Waals surface area (Å²) in [4.78, 5) is 8.22. The highest BCUT2D eigenvalue weighted by Gasteiger charge is 2.04. The van der Waals surface area contributed by atoms with Gasteiger partial charge in [-0.1, -0.05) is 40.9 Å². The van der Waals surface area contributed by atoms with E-state index in [1.807, 2.05) is 12.1 Å². The molecular weight excluding hydrogens is 279 g/mol. The zero-order valence-electron chi connectivity index (χ0n) is 8.57. The van der Waals surface area contributed by atoms with Gasteiger partial charge < -0.3 is 0 Å². The molecule has 2 nitrogen and oxygen atoms in total. The summed E-state index contributed by atoms with van der Waals surface area (Å²) < 4.78 is 0. The van der Waals surface area contributed by atoms with Gasteiger partial charge in [-0.2, -0.15) is 0 Å². The highest BCUT2D eigenvalue weighted by atomic mass is 35.5. The average Bonchev–Trinajstić information content (AvgIpc) is 2.33. The zero-order valence-corrected chi connectivity index (χ0v) is 10.8. The van der Waals surface area contributed by atoms with Crippen molar-refractivity contribution in [2.45, 2.75) is 0 Å². The van der Waals surface area contributed by atoms with Gasteiger partial charge in [0.15, 0.2) is 0 Å². The van der Waals surface area contributed by atoms with E-state index >= 15 is 0 Å². The molecule has 0 aliphatic rings. The van der Waals surface area contributed by atoms with E-state index in [1.165, 1.54) is 0 Å². The quantitative estimate of drug-likeness (QED) is 0.575. The largest absolute Gasteiger partial charge is 0.264 e. The molecule has 0 saturated carbocycles. The van der Waals surface area contributed by atoms with Gasteiger partial charge in [0.05, 0.1) is 20.8 Å². The van der Waals surface area contributed by atoms with Crippen molar-refractivity contribution in [1.29, 1.82) is 0 Å². The number of aromatic nitrogens is 1. The maximum absolute atomic E-state index is 6.00. The standard InChI is InChI=1S/C12H7Cl3N2/c13-9-4-11(15)12(5-10(9)14)17-7-8-2-1-3-16-6-8/h1-7H. The topological polar surface area (TPSA) is 25.2 Å². The number of halogens is 3. The van der Waals surface area contributed by atoms with E-state index < -0.39 is 0 Å². The maximum atomic E-state index is 6.00. The highest BCUT2D eigenvalue weighted by Crippen LogP contribution is 2.33. The van der Waals surface area contributed by atoms with Crippen LogP contribution in [0.4, 0.5) is 5.69 Å². The van der Waals surface area contributed by atoms with E-state index in [-0.39, 0.29) is 0 Å². The lowest BCUT2D eigenvalue weighted by atomic mass is 10.3. The molecule has 17 heavy (non-hydrogen) atoms. The van der Waals surface area contributed by atoms with Crippen LogP contribution in [0.5, 0.6) is 0 Å². The normalized spacial score (nSPS) is 11.0. The lowest BCUT2D eigenvalue weighted by Gasteiger charge is -2.01. The van der Waals surface area contributed by atoms with E-state index in [0.717, 1.165) is 5.56 Å². The third-order valence-corrected chi connectivity index (χ3v) is 3.05. The van der Waals surface area contributed by atoms with Crippen LogP contribution in [0.25, 0.3) is 0 Å². The molecule has 0 aliphatic carbocycles. The van der Waals surface area contributed by atoms with E-state index in [1.54, 1.807) is 30.7 Å². The van der Waals surface area contributed by atoms with Crippen molar-refractivity contribution in [2.75, 3.05) is 0 Å². The molecule has 0 N–H and O–H groups in total. The summed E-state index contributed by atoms with van der Waals surface area (Å²) in [7, 11) is 0. The second-order valence-electron chi connectivity index (χ2n) is 3.26. The van der Waals surface area contributed by atoms with Gasteiger partial charge in [0, 0.05) is 24.2 Å². The molecule has 0 unspecified atom stereocenters. The molecule has 86 valence electrons. The van der Waals surface area contributed by atoms with Crippen molar-refractivity contribution < 1.29 is 0 Å². The summed E-state index contributed by atoms with van der Waals surface area (Å²) in [5, 5.41) is 1.30. The average molecular weight is 286 g/mol. The monoisotopic (exact) mass is 284 g/mol. The molecule has 0 radical (unpaired) electrons. The van der Waals surface area contributed by atoms with Crippen LogP contribution in [0, 0.1) is 0 Å². The molecule has 0 saturated heterocycles. The molecule has 0 spiro atoms. The van der Waals surface area contributed by atoms with Crippen molar-refractivity contribution in [1.82, 2.24) is 4.98 Å². The molecule has 0 bridgehead atoms. The molecule has 2 rings (SSSR count). The SMILES string of the molecule is Clc1cc(Cl)c(N=Cc2cccnc2)cc1Cl. The van der Waals surface area contributed by atoms with Gasteiger partial charge in [-0.3, -0.25) is 9.98 Å². The first-order valence-corrected chi connectivity index (χ1v) is 5.89. The maximum Gasteiger partial charge on any atom is 0.0831 e. The number of pyridine rings is 1. The number of hydrogen-bond donors (Lipinski definition) is 0. The van der Waals surface area contributed by atoms with Crippen molar-refractivity contribution in [3.63, 3.8) is 0 Å². The molecule has 0 atom stereocenters. The summed E-state index contributed by atoms with van der Waals surface area (Å²) in [5.74, 6) is 0. The predicted octanol–water partition coefficient (Wildman–Crippen LogP) is 4.79. The molecule has 1 aromatic carbocycles. The minimum Gasteiger partial charge on any atom is -0.264 e. The smallest absolute Gasteiger partial charge is 0.0831 e. The predicted molar refractivity (Wildman–Crippen MR) is 73.0 cm³/mol. The van der Waals surface area contributed by atoms with Crippen LogP contribution in [-0.4, -0.2) is 11.2 Å². The van der Waals surface area contributed by atoms with Crippen LogP contribution < -0.4 is 0 Å². The van der Waals surface area contributed by atoms with E-state index in [0.29, 0.717) is 20.8 Å². The minimum absolute atomic E-state index is 0.414. The molecular formula is C12H7Cl3N2. The lowest BCUT2D eigenvalue weighted by molar-refractivity contribution is 1.32. The fourth-order valence-electron chi connectivity index (χ4n) is 1.21. The Hall–Kier alpha value is -1.09. The summed E-state index contributed by atoms with van der Waals surface area (Å²) in [6.07, 6.45) is 5.07. The van der Waals surface area contributed by atoms with Gasteiger partial charge in [0.2, 0.25) is 0 Å². The number of benzene rings is 1. The number of nitrogens with zero attached hydrogens (tertiary/aromatic N) is 2. The Morgan fingerprint density at radius 1 is 1.06 bits per heavy atom. The Labute approximate surface area is 114 Å². The van der Waals surface area contributed by atoms with Crippen molar-refractivity contribution in [3.8, 4) is 0 Å². The fourth-order valence-corrected chi connectivity index (χ4v) is 1.80. The van der Waals surface area contributed by atoms with Gasteiger partial charge in [-0.05, 0) is 18.2 Å². The second kappa shape index (κ2) is 5.50. The molecule has 0 amide bonds. The third-order valence-electron chi connectivity index (χ3n) is 2.03. The Morgan fingerprint density at radius 2 is 1.82 bits per heavy atom. The Bertz CT molecular complexity index is 553. The summed E-state index contributed by atoms with van der Waals surface area (Å²) in [6.45, 7) is 0. The van der Waals surface area contributed by atoms with Gasteiger partial charge >= 0.3 is 0 Å². The molecule has 0 fully saturated rings. The fraction of sp³-hybridized carbons (Fsp3) is 0. The van der Waals surface area contributed by atoms with Crippen LogP contribution in [0.15, 0.2) is 41.7 Å². The number of aliphatic imine (C=N–C) groups is 1. The molecule has 0 aliphatic heterocycles. The Balaban J connectivity index is 2.31. The summed E-state index contributed by atoms with van der Waals surface area (Å²) in [6, 6.07) is 6.92. The van der Waals surface area contributed by atoms with E-state index in [9.17, 15) is 0 Å². The Kier molecular flexibility index (Phi) is 4.00. The first kappa shape index (κ1) is 12.4.